The van der Waals surface area contributed by atoms with Crippen LogP contribution >= 0.6 is 0 Å². The minimum Gasteiger partial charge on any atom is -0.493 e. The minimum absolute atomic E-state index is 0.00872. The summed E-state index contributed by atoms with van der Waals surface area (Å²) in [5, 5.41) is 11.0. The summed E-state index contributed by atoms with van der Waals surface area (Å²) in [5.74, 6) is -1.01. The molecule has 4 nitrogen and oxygen atoms in total. The topological polar surface area (TPSA) is 41.9 Å². The first-order valence-electron chi connectivity index (χ1n) is 13.6. The lowest BCUT2D eigenvalue weighted by molar-refractivity contribution is -0.0259. The van der Waals surface area contributed by atoms with Crippen LogP contribution in [0.5, 0.6) is 11.5 Å². The molecule has 0 radical (unpaired) electrons. The summed E-state index contributed by atoms with van der Waals surface area (Å²) in [6.07, 6.45) is -3.58. The van der Waals surface area contributed by atoms with E-state index >= 15 is 0 Å². The number of aliphatic hydroxyl groups is 1. The highest BCUT2D eigenvalue weighted by Crippen LogP contribution is 2.44. The minimum atomic E-state index is -3.15. The quantitative estimate of drug-likeness (QED) is 0.912. The highest BCUT2D eigenvalue weighted by molar-refractivity contribution is 5.49. The molecule has 1 aromatic rings. The van der Waals surface area contributed by atoms with E-state index in [0.29, 0.717) is 18.5 Å². The third-order valence-corrected chi connectivity index (χ3v) is 4.84. The second kappa shape index (κ2) is 6.57. The molecule has 24 heavy (non-hydrogen) atoms. The Labute approximate surface area is 161 Å². The largest absolute Gasteiger partial charge is 0.493 e. The van der Waals surface area contributed by atoms with Crippen LogP contribution in [0.1, 0.15) is 65.7 Å². The fourth-order valence-corrected chi connectivity index (χ4v) is 3.77. The predicted octanol–water partition coefficient (Wildman–Crippen LogP) is 3.42. The van der Waals surface area contributed by atoms with Gasteiger partial charge in [0.15, 0.2) is 11.5 Å². The third-order valence-electron chi connectivity index (χ3n) is 4.84. The normalized spacial score (nSPS) is 36.3. The van der Waals surface area contributed by atoms with Crippen molar-refractivity contribution in [2.75, 3.05) is 27.2 Å². The average molecular weight is 345 g/mol. The molecule has 2 aliphatic rings. The molecule has 1 saturated heterocycles. The van der Waals surface area contributed by atoms with Gasteiger partial charge in [0, 0.05) is 30.1 Å². The molecule has 0 saturated carbocycles. The van der Waals surface area contributed by atoms with Gasteiger partial charge in [-0.3, -0.25) is 4.90 Å². The SMILES string of the molecule is [2H]C([2H])([2H])Oc1cc2c(cc1OC)CCN1CC(C([2H])([2H])C(C)(C([2H])([2H])[2H])C([2H])([2H])[2H])C(O)CC21. The van der Waals surface area contributed by atoms with Gasteiger partial charge in [0.2, 0.25) is 0 Å². The highest BCUT2D eigenvalue weighted by atomic mass is 16.5. The van der Waals surface area contributed by atoms with Crippen LogP contribution < -0.4 is 9.47 Å². The number of methoxy groups -OCH3 is 2. The van der Waals surface area contributed by atoms with Gasteiger partial charge in [0.1, 0.15) is 0 Å². The van der Waals surface area contributed by atoms with Crippen molar-refractivity contribution in [3.05, 3.63) is 23.3 Å². The molecule has 1 fully saturated rings. The number of piperidine rings is 1. The number of fused-ring (bicyclic) bond motifs is 3. The molecule has 2 heterocycles. The van der Waals surface area contributed by atoms with E-state index in [1.54, 1.807) is 12.1 Å². The highest BCUT2D eigenvalue weighted by Gasteiger charge is 2.39. The number of nitrogens with zero attached hydrogens (tertiary/aromatic N) is 1. The standard InChI is InChI=1S/C20H31NO3/c1-20(2,3)11-14-12-21-7-6-13-8-18(23-4)19(24-5)9-15(13)16(21)10-17(14)22/h8-9,14,16-17,22H,6-7,10-12H2,1-5H3/i1D3,2D3,5D3,11D2. The zero-order valence-electron chi connectivity index (χ0n) is 24.9. The van der Waals surface area contributed by atoms with Crippen molar-refractivity contribution >= 4 is 0 Å². The van der Waals surface area contributed by atoms with Crippen LogP contribution in [0.2, 0.25) is 0 Å². The Morgan fingerprint density at radius 1 is 1.38 bits per heavy atom. The summed E-state index contributed by atoms with van der Waals surface area (Å²) in [7, 11) is -1.31. The Morgan fingerprint density at radius 2 is 2.17 bits per heavy atom. The first-order valence-corrected chi connectivity index (χ1v) is 8.06. The Bertz CT molecular complexity index is 928. The second-order valence-electron chi connectivity index (χ2n) is 6.74. The van der Waals surface area contributed by atoms with E-state index in [9.17, 15) is 5.11 Å². The molecule has 0 spiro atoms. The number of aliphatic hydroxyl groups excluding tert-OH is 1. The maximum atomic E-state index is 11.0. The summed E-state index contributed by atoms with van der Waals surface area (Å²) in [6.45, 7) is -5.00. The van der Waals surface area contributed by atoms with Crippen molar-refractivity contribution in [3.63, 3.8) is 0 Å². The van der Waals surface area contributed by atoms with Crippen LogP contribution in [-0.2, 0) is 6.42 Å². The second-order valence-corrected chi connectivity index (χ2v) is 6.74. The van der Waals surface area contributed by atoms with E-state index in [1.165, 1.54) is 7.11 Å². The maximum Gasteiger partial charge on any atom is 0.161 e. The molecule has 134 valence electrons. The van der Waals surface area contributed by atoms with Gasteiger partial charge < -0.3 is 14.6 Å². The molecule has 2 aliphatic heterocycles. The first-order chi connectivity index (χ1) is 15.7. The monoisotopic (exact) mass is 344 g/mol. The molecule has 3 rings (SSSR count). The average Bonchev–Trinajstić information content (AvgIpc) is 2.69. The molecule has 3 atom stereocenters. The molecule has 0 aromatic heterocycles. The summed E-state index contributed by atoms with van der Waals surface area (Å²) >= 11 is 0. The van der Waals surface area contributed by atoms with Gasteiger partial charge in [-0.2, -0.15) is 0 Å². The van der Waals surface area contributed by atoms with Crippen molar-refractivity contribution in [1.82, 2.24) is 4.90 Å². The van der Waals surface area contributed by atoms with Crippen LogP contribution in [0.15, 0.2) is 12.1 Å². The van der Waals surface area contributed by atoms with E-state index < -0.39 is 50.6 Å². The van der Waals surface area contributed by atoms with Gasteiger partial charge >= 0.3 is 0 Å². The zero-order valence-corrected chi connectivity index (χ0v) is 13.9. The Hall–Kier alpha value is -1.26. The van der Waals surface area contributed by atoms with Crippen molar-refractivity contribution in [2.45, 2.75) is 52.0 Å². The van der Waals surface area contributed by atoms with Crippen LogP contribution in [0.4, 0.5) is 0 Å². The van der Waals surface area contributed by atoms with E-state index in [2.05, 4.69) is 0 Å². The van der Waals surface area contributed by atoms with Gasteiger partial charge in [0.05, 0.1) is 24.4 Å². The smallest absolute Gasteiger partial charge is 0.161 e. The van der Waals surface area contributed by atoms with Crippen molar-refractivity contribution in [3.8, 4) is 11.5 Å². The van der Waals surface area contributed by atoms with Crippen LogP contribution in [0.3, 0.4) is 0 Å². The lowest BCUT2D eigenvalue weighted by atomic mass is 9.75. The van der Waals surface area contributed by atoms with Gasteiger partial charge in [-0.15, -0.1) is 0 Å². The van der Waals surface area contributed by atoms with Crippen LogP contribution in [0.25, 0.3) is 0 Å². The summed E-state index contributed by atoms with van der Waals surface area (Å²) in [6, 6.07) is 2.82. The molecule has 0 bridgehead atoms. The lowest BCUT2D eigenvalue weighted by Gasteiger charge is -2.47. The van der Waals surface area contributed by atoms with Crippen molar-refractivity contribution in [1.29, 1.82) is 0 Å². The Morgan fingerprint density at radius 3 is 2.88 bits per heavy atom. The van der Waals surface area contributed by atoms with E-state index in [-0.39, 0.29) is 24.5 Å². The first kappa shape index (κ1) is 8.41. The Balaban J connectivity index is 1.99. The van der Waals surface area contributed by atoms with Crippen LogP contribution in [0, 0.1) is 11.3 Å². The number of hydrogen-bond acceptors (Lipinski definition) is 4. The third kappa shape index (κ3) is 3.40. The number of hydrogen-bond donors (Lipinski definition) is 1. The van der Waals surface area contributed by atoms with Gasteiger partial charge in [-0.05, 0) is 53.8 Å². The summed E-state index contributed by atoms with van der Waals surface area (Å²) < 4.78 is 97.2. The molecule has 4 heteroatoms. The molecule has 0 amide bonds. The fourth-order valence-electron chi connectivity index (χ4n) is 3.77. The fraction of sp³-hybridized carbons (Fsp3) is 0.700. The maximum absolute atomic E-state index is 11.0. The van der Waals surface area contributed by atoms with Crippen molar-refractivity contribution < 1.29 is 29.7 Å². The molecular formula is C20H31NO3. The molecule has 1 aromatic carbocycles. The molecule has 3 unspecified atom stereocenters. The van der Waals surface area contributed by atoms with Gasteiger partial charge in [-0.25, -0.2) is 0 Å². The molecule has 0 aliphatic carbocycles. The van der Waals surface area contributed by atoms with Gasteiger partial charge in [-0.1, -0.05) is 20.6 Å². The van der Waals surface area contributed by atoms with E-state index in [1.807, 2.05) is 4.90 Å². The lowest BCUT2D eigenvalue weighted by Crippen LogP contribution is -2.48. The van der Waals surface area contributed by atoms with Crippen LogP contribution in [-0.4, -0.2) is 43.3 Å². The molecular weight excluding hydrogens is 302 g/mol. The zero-order chi connectivity index (χ0) is 26.8. The van der Waals surface area contributed by atoms with E-state index in [4.69, 9.17) is 24.6 Å². The predicted molar refractivity (Wildman–Crippen MR) is 95.7 cm³/mol. The summed E-state index contributed by atoms with van der Waals surface area (Å²) in [4.78, 5) is 1.88. The van der Waals surface area contributed by atoms with Crippen molar-refractivity contribution in [2.24, 2.45) is 11.3 Å². The molecule has 1 N–H and O–H groups in total. The van der Waals surface area contributed by atoms with Gasteiger partial charge in [0.25, 0.3) is 0 Å². The number of ether oxygens (including phenoxy) is 2. The Kier molecular flexibility index (Phi) is 2.30. The summed E-state index contributed by atoms with van der Waals surface area (Å²) in [5.41, 5.74) is -1.15. The number of rotatable bonds is 3. The number of benzene rings is 1. The van der Waals surface area contributed by atoms with E-state index in [0.717, 1.165) is 12.5 Å².